The minimum absolute atomic E-state index is 0.0430. The maximum absolute atomic E-state index is 12.1. The SMILES string of the molecule is Oc1c(Cl)cc(NC(=S)Nc2ccc(OC(F)(F)F)cc2)cc1Cl. The Labute approximate surface area is 150 Å². The molecule has 0 saturated heterocycles. The third kappa shape index (κ3) is 5.33. The molecule has 0 aliphatic carbocycles. The van der Waals surface area contributed by atoms with Crippen molar-refractivity contribution >= 4 is 51.9 Å². The number of phenolic OH excluding ortho intramolecular Hbond substituents is 1. The fourth-order valence-corrected chi connectivity index (χ4v) is 2.39. The molecular formula is C14H9Cl2F3N2O2S. The van der Waals surface area contributed by atoms with Crippen LogP contribution in [-0.4, -0.2) is 16.6 Å². The van der Waals surface area contributed by atoms with E-state index in [1.807, 2.05) is 0 Å². The van der Waals surface area contributed by atoms with Crippen LogP contribution in [0.4, 0.5) is 24.5 Å². The lowest BCUT2D eigenvalue weighted by Crippen LogP contribution is -2.19. The summed E-state index contributed by atoms with van der Waals surface area (Å²) in [7, 11) is 0. The number of phenols is 1. The van der Waals surface area contributed by atoms with Gasteiger partial charge in [0.2, 0.25) is 0 Å². The normalized spacial score (nSPS) is 11.0. The minimum atomic E-state index is -4.75. The first-order valence-corrected chi connectivity index (χ1v) is 7.42. The van der Waals surface area contributed by atoms with E-state index in [2.05, 4.69) is 15.4 Å². The number of aromatic hydroxyl groups is 1. The summed E-state index contributed by atoms with van der Waals surface area (Å²) in [5.41, 5.74) is 0.871. The standard InChI is InChI=1S/C14H9Cl2F3N2O2S/c15-10-5-8(6-11(16)12(10)22)21-13(24)20-7-1-3-9(4-2-7)23-14(17,18)19/h1-6,22H,(H2,20,21,24). The third-order valence-electron chi connectivity index (χ3n) is 2.62. The van der Waals surface area contributed by atoms with Gasteiger partial charge in [0.25, 0.3) is 0 Å². The Morgan fingerprint density at radius 1 is 1.00 bits per heavy atom. The molecule has 24 heavy (non-hydrogen) atoms. The lowest BCUT2D eigenvalue weighted by molar-refractivity contribution is -0.274. The van der Waals surface area contributed by atoms with Crippen molar-refractivity contribution in [3.8, 4) is 11.5 Å². The number of thiocarbonyl (C=S) groups is 1. The molecule has 0 aromatic heterocycles. The molecule has 0 unspecified atom stereocenters. The van der Waals surface area contributed by atoms with Crippen LogP contribution in [0, 0.1) is 0 Å². The van der Waals surface area contributed by atoms with Gasteiger partial charge < -0.3 is 20.5 Å². The Hall–Kier alpha value is -1.90. The van der Waals surface area contributed by atoms with Crippen molar-refractivity contribution in [3.05, 3.63) is 46.4 Å². The predicted octanol–water partition coefficient (Wildman–Crippen LogP) is 5.41. The van der Waals surface area contributed by atoms with Crippen LogP contribution in [0.3, 0.4) is 0 Å². The molecule has 4 nitrogen and oxygen atoms in total. The van der Waals surface area contributed by atoms with Crippen LogP contribution < -0.4 is 15.4 Å². The number of anilines is 2. The van der Waals surface area contributed by atoms with Crippen molar-refractivity contribution in [2.75, 3.05) is 10.6 Å². The van der Waals surface area contributed by atoms with Gasteiger partial charge in [-0.2, -0.15) is 0 Å². The lowest BCUT2D eigenvalue weighted by Gasteiger charge is -2.13. The van der Waals surface area contributed by atoms with Gasteiger partial charge in [-0.1, -0.05) is 23.2 Å². The maximum atomic E-state index is 12.1. The largest absolute Gasteiger partial charge is 0.573 e. The summed E-state index contributed by atoms with van der Waals surface area (Å²) in [5, 5.41) is 15.3. The van der Waals surface area contributed by atoms with E-state index in [9.17, 15) is 18.3 Å². The summed E-state index contributed by atoms with van der Waals surface area (Å²) < 4.78 is 40.0. The predicted molar refractivity (Wildman–Crippen MR) is 91.1 cm³/mol. The van der Waals surface area contributed by atoms with Crippen LogP contribution in [0.1, 0.15) is 0 Å². The number of benzene rings is 2. The number of ether oxygens (including phenoxy) is 1. The highest BCUT2D eigenvalue weighted by atomic mass is 35.5. The van der Waals surface area contributed by atoms with Crippen LogP contribution in [-0.2, 0) is 0 Å². The molecule has 3 N–H and O–H groups in total. The average Bonchev–Trinajstić information content (AvgIpc) is 2.45. The summed E-state index contributed by atoms with van der Waals surface area (Å²) >= 11 is 16.7. The number of halogens is 5. The van der Waals surface area contributed by atoms with E-state index in [4.69, 9.17) is 35.4 Å². The Balaban J connectivity index is 2.00. The minimum Gasteiger partial charge on any atom is -0.505 e. The lowest BCUT2D eigenvalue weighted by atomic mass is 10.3. The van der Waals surface area contributed by atoms with Crippen LogP contribution in [0.2, 0.25) is 10.0 Å². The summed E-state index contributed by atoms with van der Waals surface area (Å²) in [6.07, 6.45) is -4.75. The van der Waals surface area contributed by atoms with Crippen LogP contribution in [0.5, 0.6) is 11.5 Å². The second-order valence-electron chi connectivity index (χ2n) is 4.44. The zero-order valence-electron chi connectivity index (χ0n) is 11.6. The van der Waals surface area contributed by atoms with Gasteiger partial charge in [0, 0.05) is 11.4 Å². The second kappa shape index (κ2) is 7.33. The molecule has 128 valence electrons. The smallest absolute Gasteiger partial charge is 0.505 e. The summed E-state index contributed by atoms with van der Waals surface area (Å²) in [5.74, 6) is -0.591. The maximum Gasteiger partial charge on any atom is 0.573 e. The molecule has 2 aromatic rings. The van der Waals surface area contributed by atoms with Gasteiger partial charge >= 0.3 is 6.36 Å². The highest BCUT2D eigenvalue weighted by Crippen LogP contribution is 2.34. The summed E-state index contributed by atoms with van der Waals surface area (Å²) in [4.78, 5) is 0. The number of alkyl halides is 3. The zero-order chi connectivity index (χ0) is 17.9. The van der Waals surface area contributed by atoms with Crippen molar-refractivity contribution in [3.63, 3.8) is 0 Å². The monoisotopic (exact) mass is 396 g/mol. The first-order valence-electron chi connectivity index (χ1n) is 6.26. The van der Waals surface area contributed by atoms with Crippen molar-refractivity contribution < 1.29 is 23.0 Å². The molecule has 0 atom stereocenters. The molecule has 0 saturated carbocycles. The van der Waals surface area contributed by atoms with Crippen LogP contribution in [0.15, 0.2) is 36.4 Å². The van der Waals surface area contributed by atoms with Gasteiger partial charge in [0.15, 0.2) is 10.9 Å². The Kier molecular flexibility index (Phi) is 5.63. The molecular weight excluding hydrogens is 388 g/mol. The molecule has 2 rings (SSSR count). The van der Waals surface area contributed by atoms with Crippen molar-refractivity contribution in [2.45, 2.75) is 6.36 Å². The Bertz CT molecular complexity index is 732. The van der Waals surface area contributed by atoms with E-state index in [0.717, 1.165) is 12.1 Å². The van der Waals surface area contributed by atoms with Gasteiger partial charge in [0.05, 0.1) is 10.0 Å². The van der Waals surface area contributed by atoms with Crippen molar-refractivity contribution in [1.29, 1.82) is 0 Å². The van der Waals surface area contributed by atoms with Gasteiger partial charge in [0.1, 0.15) is 5.75 Å². The molecule has 0 radical (unpaired) electrons. The molecule has 0 bridgehead atoms. The van der Waals surface area contributed by atoms with Gasteiger partial charge in [-0.05, 0) is 48.6 Å². The van der Waals surface area contributed by atoms with E-state index in [-0.39, 0.29) is 26.7 Å². The third-order valence-corrected chi connectivity index (χ3v) is 3.40. The van der Waals surface area contributed by atoms with E-state index in [1.54, 1.807) is 0 Å². The van der Waals surface area contributed by atoms with Gasteiger partial charge in [-0.25, -0.2) is 0 Å². The van der Waals surface area contributed by atoms with E-state index >= 15 is 0 Å². The quantitative estimate of drug-likeness (QED) is 0.478. The number of hydrogen-bond acceptors (Lipinski definition) is 3. The fourth-order valence-electron chi connectivity index (χ4n) is 1.67. The van der Waals surface area contributed by atoms with Crippen molar-refractivity contribution in [2.24, 2.45) is 0 Å². The highest BCUT2D eigenvalue weighted by molar-refractivity contribution is 7.80. The Morgan fingerprint density at radius 2 is 1.50 bits per heavy atom. The molecule has 0 amide bonds. The molecule has 10 heteroatoms. The van der Waals surface area contributed by atoms with Gasteiger partial charge in [-0.3, -0.25) is 0 Å². The van der Waals surface area contributed by atoms with E-state index in [1.165, 1.54) is 24.3 Å². The zero-order valence-corrected chi connectivity index (χ0v) is 13.9. The number of nitrogens with one attached hydrogen (secondary N) is 2. The molecule has 0 aliphatic heterocycles. The first-order chi connectivity index (χ1) is 11.1. The molecule has 0 aliphatic rings. The van der Waals surface area contributed by atoms with E-state index < -0.39 is 6.36 Å². The second-order valence-corrected chi connectivity index (χ2v) is 5.66. The topological polar surface area (TPSA) is 53.5 Å². The first kappa shape index (κ1) is 18.4. The van der Waals surface area contributed by atoms with Crippen LogP contribution in [0.25, 0.3) is 0 Å². The summed E-state index contributed by atoms with van der Waals surface area (Å²) in [6.45, 7) is 0. The molecule has 0 heterocycles. The summed E-state index contributed by atoms with van der Waals surface area (Å²) in [6, 6.07) is 7.85. The van der Waals surface area contributed by atoms with E-state index in [0.29, 0.717) is 11.4 Å². The Morgan fingerprint density at radius 3 is 2.00 bits per heavy atom. The average molecular weight is 397 g/mol. The van der Waals surface area contributed by atoms with Crippen LogP contribution >= 0.6 is 35.4 Å². The molecule has 2 aromatic carbocycles. The fraction of sp³-hybridized carbons (Fsp3) is 0.0714. The van der Waals surface area contributed by atoms with Gasteiger partial charge in [-0.15, -0.1) is 13.2 Å². The number of rotatable bonds is 3. The molecule has 0 spiro atoms. The molecule has 0 fully saturated rings. The van der Waals surface area contributed by atoms with Crippen molar-refractivity contribution in [1.82, 2.24) is 0 Å². The number of hydrogen-bond donors (Lipinski definition) is 3. The highest BCUT2D eigenvalue weighted by Gasteiger charge is 2.30.